The van der Waals surface area contributed by atoms with Gasteiger partial charge in [-0.2, -0.15) is 0 Å². The van der Waals surface area contributed by atoms with E-state index in [4.69, 9.17) is 31.9 Å². The minimum atomic E-state index is -1.23. The van der Waals surface area contributed by atoms with Gasteiger partial charge in [0.15, 0.2) is 12.4 Å². The fraction of sp³-hybridized carbons (Fsp3) is 0.531. The number of thiazole rings is 1. The Balaban J connectivity index is 1.20. The normalized spacial score (nSPS) is 22.8. The zero-order chi connectivity index (χ0) is 47.4. The third-order valence-electron chi connectivity index (χ3n) is 13.9. The highest BCUT2D eigenvalue weighted by atomic mass is 32.1. The van der Waals surface area contributed by atoms with E-state index in [1.54, 1.807) is 34.2 Å². The number of nitrogens with zero attached hydrogens (tertiary/aromatic N) is 9. The van der Waals surface area contributed by atoms with Crippen molar-refractivity contribution in [3.05, 3.63) is 69.4 Å². The molecule has 3 saturated heterocycles. The van der Waals surface area contributed by atoms with Gasteiger partial charge >= 0.3 is 23.8 Å². The fourth-order valence-electron chi connectivity index (χ4n) is 10.3. The lowest BCUT2D eigenvalue weighted by atomic mass is 9.83. The molecule has 4 aliphatic heterocycles. The Morgan fingerprint density at radius 3 is 2.65 bits per heavy atom. The van der Waals surface area contributed by atoms with Crippen molar-refractivity contribution in [2.75, 3.05) is 54.0 Å². The van der Waals surface area contributed by atoms with Gasteiger partial charge in [0.25, 0.3) is 24.5 Å². The molecule has 0 unspecified atom stereocenters. The lowest BCUT2D eigenvalue weighted by Gasteiger charge is -2.53. The van der Waals surface area contributed by atoms with Gasteiger partial charge in [-0.25, -0.2) is 19.4 Å². The van der Waals surface area contributed by atoms with E-state index in [-0.39, 0.29) is 43.4 Å². The van der Waals surface area contributed by atoms with Crippen LogP contribution in [-0.4, -0.2) is 146 Å². The summed E-state index contributed by atoms with van der Waals surface area (Å²) in [5.41, 5.74) is 6.75. The van der Waals surface area contributed by atoms with E-state index in [1.807, 2.05) is 23.3 Å². The van der Waals surface area contributed by atoms with Gasteiger partial charge in [-0.15, -0.1) is 21.0 Å². The van der Waals surface area contributed by atoms with E-state index in [0.29, 0.717) is 48.9 Å². The molecule has 350 valence electrons. The number of pyridine rings is 1. The number of amides is 4. The molecule has 3 aromatic heterocycles. The number of cyclic esters (lactones) is 1. The molecule has 4 aromatic rings. The largest absolute Gasteiger partial charge is 0.460 e. The Hall–Kier alpha value is -5.23. The molecule has 0 aliphatic carbocycles. The molecule has 8 rings (SSSR count). The number of urea groups is 1. The number of hydrazine groups is 1. The molecule has 0 N–H and O–H groups in total. The SMILES string of the molecule is C=[N+]1[C@H]2CCCN1C(=O)[C@@H]([N+](=S)C(=O)C(=C(C)C)N(C)C(=O)N1C[C@H]3CN(C)CC[C@H]31)Cc1nc(cs1)-c1ccc3c(c1)c(c(-c1cccnc1[C@H](C)OC)n3CC)CC(C)(C)COC2=O. The van der Waals surface area contributed by atoms with E-state index in [1.165, 1.54) is 25.9 Å². The van der Waals surface area contributed by atoms with Crippen molar-refractivity contribution in [3.8, 4) is 22.5 Å². The average molecular weight is 938 g/mol. The Labute approximate surface area is 396 Å². The Kier molecular flexibility index (Phi) is 13.5. The van der Waals surface area contributed by atoms with E-state index < -0.39 is 35.3 Å². The fourth-order valence-corrected chi connectivity index (χ4v) is 11.4. The van der Waals surface area contributed by atoms with Gasteiger partial charge in [-0.3, -0.25) is 14.7 Å². The molecule has 0 saturated carbocycles. The number of ether oxygens (including phenoxy) is 2. The number of piperidine rings is 1. The molecule has 4 aliphatic rings. The standard InChI is InChI=1S/C49H63N9O6S2/c1-11-55-38-17-16-31-22-34(38)35(44(55)33-14-12-19-50-42(33)30(4)63-10)24-49(5,6)28-64-47(61)39-15-13-20-57(54(39)9)45(59)40(23-41-51-36(31)27-66-41)58(65)46(60)43(29(2)3)53(8)48(62)56-26-32-25-52(7)21-18-37(32)56/h12,14,16-17,19,22,27,30,32,37,39-40H,9,11,13,15,18,20-21,23-26,28H2,1-8,10H3/q+2/t30-,32+,37+,39-,40-/m0/s1. The Morgan fingerprint density at radius 1 is 1.17 bits per heavy atom. The smallest absolute Gasteiger partial charge is 0.450 e. The number of carbonyl (C=O) groups excluding carboxylic acids is 4. The summed E-state index contributed by atoms with van der Waals surface area (Å²) in [6.07, 6.45) is 3.88. The molecule has 4 amide bonds. The van der Waals surface area contributed by atoms with Crippen molar-refractivity contribution >= 4 is 65.2 Å². The highest BCUT2D eigenvalue weighted by Crippen LogP contribution is 2.42. The van der Waals surface area contributed by atoms with Crippen LogP contribution in [0.3, 0.4) is 0 Å². The summed E-state index contributed by atoms with van der Waals surface area (Å²) in [7, 11) is 5.38. The van der Waals surface area contributed by atoms with E-state index in [0.717, 1.165) is 68.1 Å². The number of hydrogen-bond donors (Lipinski definition) is 0. The molecule has 17 heteroatoms. The molecule has 1 aromatic carbocycles. The molecular weight excluding hydrogens is 875 g/mol. The zero-order valence-corrected chi connectivity index (χ0v) is 41.3. The number of likely N-dealkylation sites (N-methyl/N-ethyl adjacent to an activating group) is 1. The summed E-state index contributed by atoms with van der Waals surface area (Å²) in [5, 5.41) is 5.02. The number of fused-ring (bicyclic) bond motifs is 7. The lowest BCUT2D eigenvalue weighted by Crippen LogP contribution is -2.66. The van der Waals surface area contributed by atoms with Crippen LogP contribution in [0.25, 0.3) is 33.4 Å². The van der Waals surface area contributed by atoms with E-state index in [2.05, 4.69) is 68.3 Å². The molecule has 3 fully saturated rings. The van der Waals surface area contributed by atoms with Crippen LogP contribution >= 0.6 is 11.3 Å². The van der Waals surface area contributed by atoms with Crippen molar-refractivity contribution < 1.29 is 37.3 Å². The van der Waals surface area contributed by atoms with Gasteiger partial charge in [0.1, 0.15) is 5.01 Å². The third kappa shape index (κ3) is 8.74. The first kappa shape index (κ1) is 47.3. The van der Waals surface area contributed by atoms with Crippen molar-refractivity contribution in [1.82, 2.24) is 34.2 Å². The number of allylic oxidation sites excluding steroid dienone is 1. The minimum Gasteiger partial charge on any atom is -0.460 e. The third-order valence-corrected chi connectivity index (χ3v) is 15.2. The summed E-state index contributed by atoms with van der Waals surface area (Å²) in [6, 6.07) is 8.15. The van der Waals surface area contributed by atoms with Gasteiger partial charge in [0.2, 0.25) is 0 Å². The molecular formula is C49H63N9O6S2+2. The maximum absolute atomic E-state index is 15.0. The number of likely N-dealkylation sites (tertiary alicyclic amines) is 2. The number of aromatic nitrogens is 3. The van der Waals surface area contributed by atoms with Gasteiger partial charge < -0.3 is 23.8 Å². The Bertz CT molecular complexity index is 2650. The van der Waals surface area contributed by atoms with Crippen LogP contribution in [0.5, 0.6) is 0 Å². The van der Waals surface area contributed by atoms with E-state index in [9.17, 15) is 19.2 Å². The second-order valence-electron chi connectivity index (χ2n) is 19.3. The molecule has 6 bridgehead atoms. The first-order chi connectivity index (χ1) is 31.4. The number of methoxy groups -OCH3 is 1. The van der Waals surface area contributed by atoms with Crippen LogP contribution in [0.15, 0.2) is 53.2 Å². The van der Waals surface area contributed by atoms with Crippen LogP contribution in [0, 0.1) is 11.3 Å². The number of hydrazone groups is 1. The second kappa shape index (κ2) is 18.8. The van der Waals surface area contributed by atoms with Crippen LogP contribution < -0.4 is 0 Å². The Morgan fingerprint density at radius 2 is 1.94 bits per heavy atom. The van der Waals surface area contributed by atoms with Crippen molar-refractivity contribution in [2.45, 2.75) is 104 Å². The first-order valence-electron chi connectivity index (χ1n) is 23.0. The van der Waals surface area contributed by atoms with Crippen molar-refractivity contribution in [1.29, 1.82) is 0 Å². The number of benzene rings is 1. The van der Waals surface area contributed by atoms with Gasteiger partial charge in [0.05, 0.1) is 42.8 Å². The molecule has 66 heavy (non-hydrogen) atoms. The highest BCUT2D eigenvalue weighted by molar-refractivity contribution is 7.44. The minimum absolute atomic E-state index is 0.00515. The predicted octanol–water partition coefficient (Wildman–Crippen LogP) is 6.46. The van der Waals surface area contributed by atoms with Gasteiger partial charge in [0, 0.05) is 91.2 Å². The van der Waals surface area contributed by atoms with Crippen LogP contribution in [-0.2, 0) is 55.7 Å². The summed E-state index contributed by atoms with van der Waals surface area (Å²) < 4.78 is 16.7. The number of carbonyl (C=O) groups is 4. The average Bonchev–Trinajstić information content (AvgIpc) is 3.88. The van der Waals surface area contributed by atoms with Gasteiger partial charge in [-0.05, 0) is 96.0 Å². The topological polar surface area (TPSA) is 136 Å². The van der Waals surface area contributed by atoms with E-state index >= 15 is 0 Å². The molecule has 15 nitrogen and oxygen atoms in total. The van der Waals surface area contributed by atoms with Gasteiger partial charge in [-0.1, -0.05) is 23.9 Å². The van der Waals surface area contributed by atoms with Crippen LogP contribution in [0.2, 0.25) is 0 Å². The zero-order valence-electron chi connectivity index (χ0n) is 39.7. The summed E-state index contributed by atoms with van der Waals surface area (Å²) in [6.45, 7) is 19.6. The predicted molar refractivity (Wildman–Crippen MR) is 256 cm³/mol. The van der Waals surface area contributed by atoms with Crippen molar-refractivity contribution in [2.24, 2.45) is 11.3 Å². The quantitative estimate of drug-likeness (QED) is 0.115. The van der Waals surface area contributed by atoms with Crippen LogP contribution in [0.1, 0.15) is 83.2 Å². The molecule has 0 spiro atoms. The second-order valence-corrected chi connectivity index (χ2v) is 20.7. The summed E-state index contributed by atoms with van der Waals surface area (Å²) >= 11 is 7.37. The lowest BCUT2D eigenvalue weighted by molar-refractivity contribution is -0.695. The maximum atomic E-state index is 15.0. The molecule has 7 heterocycles. The first-order valence-corrected chi connectivity index (χ1v) is 24.3. The monoisotopic (exact) mass is 937 g/mol. The number of esters is 1. The van der Waals surface area contributed by atoms with Crippen molar-refractivity contribution in [3.63, 3.8) is 0 Å². The molecule has 0 radical (unpaired) electrons. The summed E-state index contributed by atoms with van der Waals surface area (Å²) in [5.74, 6) is -1.24. The van der Waals surface area contributed by atoms with Crippen LogP contribution in [0.4, 0.5) is 4.79 Å². The maximum Gasteiger partial charge on any atom is 0.450 e. The highest BCUT2D eigenvalue weighted by Gasteiger charge is 2.51. The number of aryl methyl sites for hydroxylation is 1. The summed E-state index contributed by atoms with van der Waals surface area (Å²) in [4.78, 5) is 73.3. The number of rotatable bonds is 7. The number of hydrogen-bond acceptors (Lipinski definition) is 11. The molecule has 5 atom stereocenters.